The number of furan rings is 1. The van der Waals surface area contributed by atoms with Gasteiger partial charge in [0.2, 0.25) is 0 Å². The van der Waals surface area contributed by atoms with Crippen LogP contribution in [-0.4, -0.2) is 28.1 Å². The van der Waals surface area contributed by atoms with Crippen molar-refractivity contribution in [3.05, 3.63) is 71.6 Å². The number of likely N-dealkylation sites (N-methyl/N-ethyl adjacent to an activating group) is 1. The maximum atomic E-state index is 13.1. The van der Waals surface area contributed by atoms with Gasteiger partial charge in [0.1, 0.15) is 11.3 Å². The number of hydrogen-bond acceptors (Lipinski definition) is 3. The molecule has 2 aromatic carbocycles. The highest BCUT2D eigenvalue weighted by Gasteiger charge is 2.31. The summed E-state index contributed by atoms with van der Waals surface area (Å²) in [6.07, 6.45) is 0. The van der Waals surface area contributed by atoms with Crippen LogP contribution in [0, 0.1) is 6.92 Å². The van der Waals surface area contributed by atoms with Gasteiger partial charge in [0.15, 0.2) is 0 Å². The van der Waals surface area contributed by atoms with E-state index in [-0.39, 0.29) is 6.04 Å². The third-order valence-corrected chi connectivity index (χ3v) is 5.24. The molecule has 1 N–H and O–H groups in total. The Morgan fingerprint density at radius 1 is 1.11 bits per heavy atom. The van der Waals surface area contributed by atoms with Crippen molar-refractivity contribution >= 4 is 33.6 Å². The number of ketones is 1. The summed E-state index contributed by atoms with van der Waals surface area (Å²) in [5, 5.41) is 1.75. The summed E-state index contributed by atoms with van der Waals surface area (Å²) in [6.45, 7) is 5.98. The zero-order valence-electron chi connectivity index (χ0n) is 16.2. The van der Waals surface area contributed by atoms with Gasteiger partial charge in [-0.15, -0.1) is 0 Å². The second kappa shape index (κ2) is 7.00. The molecule has 1 atom stereocenters. The zero-order chi connectivity index (χ0) is 19.8. The van der Waals surface area contributed by atoms with Crippen molar-refractivity contribution in [3.63, 3.8) is 0 Å². The summed E-state index contributed by atoms with van der Waals surface area (Å²) in [6, 6.07) is 16.8. The normalized spacial score (nSPS) is 12.4. The fraction of sp³-hybridized carbons (Fsp3) is 0.217. The lowest BCUT2D eigenvalue weighted by molar-refractivity contribution is -0.128. The summed E-state index contributed by atoms with van der Waals surface area (Å²) in [7, 11) is 0. The van der Waals surface area contributed by atoms with Gasteiger partial charge in [-0.2, -0.15) is 0 Å². The molecule has 0 saturated carbocycles. The Hall–Kier alpha value is -3.34. The van der Waals surface area contributed by atoms with Gasteiger partial charge in [-0.3, -0.25) is 9.59 Å². The second-order valence-electron chi connectivity index (χ2n) is 6.95. The van der Waals surface area contributed by atoms with Crippen LogP contribution in [0.15, 0.2) is 59.0 Å². The van der Waals surface area contributed by atoms with E-state index in [2.05, 4.69) is 4.98 Å². The Balaban J connectivity index is 1.68. The molecule has 0 saturated heterocycles. The molecule has 4 aromatic rings. The van der Waals surface area contributed by atoms with E-state index in [0.29, 0.717) is 23.6 Å². The maximum Gasteiger partial charge on any atom is 0.295 e. The minimum atomic E-state index is -0.525. The minimum Gasteiger partial charge on any atom is -0.459 e. The molecule has 0 spiro atoms. The fourth-order valence-corrected chi connectivity index (χ4v) is 3.76. The number of nitrogens with zero attached hydrogens (tertiary/aromatic N) is 1. The topological polar surface area (TPSA) is 66.3 Å². The minimum absolute atomic E-state index is 0.348. The first-order valence-corrected chi connectivity index (χ1v) is 9.42. The number of carbonyl (C=O) groups excluding carboxylic acids is 2. The van der Waals surface area contributed by atoms with Crippen LogP contribution >= 0.6 is 0 Å². The lowest BCUT2D eigenvalue weighted by atomic mass is 10.0. The lowest BCUT2D eigenvalue weighted by Crippen LogP contribution is -2.38. The second-order valence-corrected chi connectivity index (χ2v) is 6.95. The van der Waals surface area contributed by atoms with E-state index in [1.54, 1.807) is 4.90 Å². The molecule has 5 nitrogen and oxygen atoms in total. The number of nitrogens with one attached hydrogen (secondary N) is 1. The van der Waals surface area contributed by atoms with Gasteiger partial charge in [0.05, 0.1) is 11.6 Å². The van der Waals surface area contributed by atoms with Crippen molar-refractivity contribution in [2.75, 3.05) is 6.54 Å². The molecule has 2 aromatic heterocycles. The molecule has 0 bridgehead atoms. The lowest BCUT2D eigenvalue weighted by Gasteiger charge is -2.26. The highest BCUT2D eigenvalue weighted by Crippen LogP contribution is 2.29. The van der Waals surface area contributed by atoms with Crippen molar-refractivity contribution < 1.29 is 14.0 Å². The number of H-pyrrole nitrogens is 1. The molecular formula is C23H22N2O3. The Bertz CT molecular complexity index is 1150. The molecular weight excluding hydrogens is 352 g/mol. The molecule has 2 heterocycles. The molecule has 0 aliphatic rings. The number of benzene rings is 2. The van der Waals surface area contributed by atoms with Crippen LogP contribution in [0.5, 0.6) is 0 Å². The molecule has 0 aliphatic heterocycles. The maximum absolute atomic E-state index is 13.1. The first-order chi connectivity index (χ1) is 13.5. The highest BCUT2D eigenvalue weighted by atomic mass is 16.3. The van der Waals surface area contributed by atoms with Crippen LogP contribution < -0.4 is 0 Å². The van der Waals surface area contributed by atoms with E-state index < -0.39 is 11.7 Å². The SMILES string of the molecule is CCN(C(=O)C(=O)c1c(C)[nH]c2ccccc12)C(C)c1cc2ccccc2o1. The van der Waals surface area contributed by atoms with E-state index in [0.717, 1.165) is 21.9 Å². The number of aryl methyl sites for hydroxylation is 1. The van der Waals surface area contributed by atoms with Crippen molar-refractivity contribution in [1.82, 2.24) is 9.88 Å². The van der Waals surface area contributed by atoms with E-state index in [1.807, 2.05) is 75.4 Å². The number of amides is 1. The van der Waals surface area contributed by atoms with E-state index >= 15 is 0 Å². The van der Waals surface area contributed by atoms with E-state index in [4.69, 9.17) is 4.42 Å². The Morgan fingerprint density at radius 3 is 2.57 bits per heavy atom. The van der Waals surface area contributed by atoms with Gasteiger partial charge in [0.25, 0.3) is 11.7 Å². The van der Waals surface area contributed by atoms with E-state index in [9.17, 15) is 9.59 Å². The fourth-order valence-electron chi connectivity index (χ4n) is 3.76. The van der Waals surface area contributed by atoms with Gasteiger partial charge < -0.3 is 14.3 Å². The number of aromatic nitrogens is 1. The summed E-state index contributed by atoms with van der Waals surface area (Å²) < 4.78 is 5.92. The quantitative estimate of drug-likeness (QED) is 0.394. The van der Waals surface area contributed by atoms with Crippen molar-refractivity contribution in [2.24, 2.45) is 0 Å². The van der Waals surface area contributed by atoms with Crippen molar-refractivity contribution in [2.45, 2.75) is 26.8 Å². The predicted molar refractivity (Wildman–Crippen MR) is 109 cm³/mol. The molecule has 1 unspecified atom stereocenters. The van der Waals surface area contributed by atoms with Crippen LogP contribution in [0.2, 0.25) is 0 Å². The Morgan fingerprint density at radius 2 is 1.82 bits per heavy atom. The molecule has 1 amide bonds. The molecule has 5 heteroatoms. The average Bonchev–Trinajstić information content (AvgIpc) is 3.27. The zero-order valence-corrected chi connectivity index (χ0v) is 16.2. The number of Topliss-reactive ketones (excluding diaryl/α,β-unsaturated/α-hetero) is 1. The molecule has 0 radical (unpaired) electrons. The summed E-state index contributed by atoms with van der Waals surface area (Å²) in [4.78, 5) is 31.0. The number of carbonyl (C=O) groups is 2. The van der Waals surface area contributed by atoms with Crippen molar-refractivity contribution in [3.8, 4) is 0 Å². The number of fused-ring (bicyclic) bond motifs is 2. The molecule has 4 rings (SSSR count). The van der Waals surface area contributed by atoms with Crippen LogP contribution in [0.1, 0.15) is 41.7 Å². The molecule has 142 valence electrons. The smallest absolute Gasteiger partial charge is 0.295 e. The van der Waals surface area contributed by atoms with Crippen LogP contribution in [0.25, 0.3) is 21.9 Å². The number of para-hydroxylation sites is 2. The van der Waals surface area contributed by atoms with Gasteiger partial charge in [-0.05, 0) is 39.0 Å². The summed E-state index contributed by atoms with van der Waals surface area (Å²) in [5.74, 6) is -0.358. The van der Waals surface area contributed by atoms with Crippen LogP contribution in [0.4, 0.5) is 0 Å². The molecule has 0 aliphatic carbocycles. The molecule has 0 fully saturated rings. The number of aromatic amines is 1. The first-order valence-electron chi connectivity index (χ1n) is 9.42. The van der Waals surface area contributed by atoms with Gasteiger partial charge in [-0.1, -0.05) is 36.4 Å². The molecule has 28 heavy (non-hydrogen) atoms. The Kier molecular flexibility index (Phi) is 4.51. The highest BCUT2D eigenvalue weighted by molar-refractivity contribution is 6.45. The van der Waals surface area contributed by atoms with E-state index in [1.165, 1.54) is 0 Å². The third kappa shape index (κ3) is 2.89. The monoisotopic (exact) mass is 374 g/mol. The van der Waals surface area contributed by atoms with Gasteiger partial charge >= 0.3 is 0 Å². The van der Waals surface area contributed by atoms with Crippen LogP contribution in [0.3, 0.4) is 0 Å². The Labute approximate surface area is 162 Å². The third-order valence-electron chi connectivity index (χ3n) is 5.24. The van der Waals surface area contributed by atoms with Gasteiger partial charge in [-0.25, -0.2) is 0 Å². The summed E-state index contributed by atoms with van der Waals surface area (Å²) >= 11 is 0. The average molecular weight is 374 g/mol. The number of rotatable bonds is 5. The largest absolute Gasteiger partial charge is 0.459 e. The van der Waals surface area contributed by atoms with Crippen molar-refractivity contribution in [1.29, 1.82) is 0 Å². The standard InChI is InChI=1S/C23H22N2O3/c1-4-25(15(3)20-13-16-9-5-8-12-19(16)28-20)23(27)22(26)21-14(2)24-18-11-7-6-10-17(18)21/h5-13,15,24H,4H2,1-3H3. The number of hydrogen-bond donors (Lipinski definition) is 1. The predicted octanol–water partition coefficient (Wildman–Crippen LogP) is 5.01. The summed E-state index contributed by atoms with van der Waals surface area (Å²) in [5.41, 5.74) is 2.76. The first kappa shape index (κ1) is 18.0. The van der Waals surface area contributed by atoms with Crippen LogP contribution in [-0.2, 0) is 4.79 Å². The van der Waals surface area contributed by atoms with Gasteiger partial charge in [0, 0.05) is 28.5 Å².